The molecule has 1 atom stereocenters. The standard InChI is InChI=1S/C11H22N2O/c1-8(2)11(3,4)7-13-6-9(12)5-10(13)14/h8-9H,5-7,12H2,1-4H3. The van der Waals surface area contributed by atoms with Crippen molar-refractivity contribution in [1.82, 2.24) is 4.90 Å². The quantitative estimate of drug-likeness (QED) is 0.741. The highest BCUT2D eigenvalue weighted by Crippen LogP contribution is 2.28. The monoisotopic (exact) mass is 198 g/mol. The Labute approximate surface area is 86.6 Å². The smallest absolute Gasteiger partial charge is 0.224 e. The number of nitrogens with two attached hydrogens (primary N) is 1. The van der Waals surface area contributed by atoms with Gasteiger partial charge in [-0.25, -0.2) is 0 Å². The van der Waals surface area contributed by atoms with Gasteiger partial charge < -0.3 is 10.6 Å². The zero-order valence-corrected chi connectivity index (χ0v) is 9.71. The Balaban J connectivity index is 2.56. The van der Waals surface area contributed by atoms with Crippen LogP contribution in [0.5, 0.6) is 0 Å². The summed E-state index contributed by atoms with van der Waals surface area (Å²) in [5.41, 5.74) is 5.93. The molecule has 1 unspecified atom stereocenters. The van der Waals surface area contributed by atoms with Crippen molar-refractivity contribution in [2.24, 2.45) is 17.1 Å². The van der Waals surface area contributed by atoms with Crippen molar-refractivity contribution >= 4 is 5.91 Å². The van der Waals surface area contributed by atoms with Crippen LogP contribution in [0.1, 0.15) is 34.1 Å². The summed E-state index contributed by atoms with van der Waals surface area (Å²) in [5.74, 6) is 0.790. The van der Waals surface area contributed by atoms with E-state index < -0.39 is 0 Å². The Kier molecular flexibility index (Phi) is 3.20. The van der Waals surface area contributed by atoms with E-state index in [-0.39, 0.29) is 17.4 Å². The molecule has 0 aromatic rings. The highest BCUT2D eigenvalue weighted by atomic mass is 16.2. The fraction of sp³-hybridized carbons (Fsp3) is 0.909. The Bertz CT molecular complexity index is 223. The van der Waals surface area contributed by atoms with Crippen LogP contribution in [0.3, 0.4) is 0 Å². The van der Waals surface area contributed by atoms with Gasteiger partial charge in [0.15, 0.2) is 0 Å². The third-order valence-electron chi connectivity index (χ3n) is 3.41. The zero-order chi connectivity index (χ0) is 10.9. The number of hydrogen-bond donors (Lipinski definition) is 1. The molecule has 0 radical (unpaired) electrons. The van der Waals surface area contributed by atoms with Crippen molar-refractivity contribution < 1.29 is 4.79 Å². The molecular formula is C11H22N2O. The highest BCUT2D eigenvalue weighted by Gasteiger charge is 2.32. The summed E-state index contributed by atoms with van der Waals surface area (Å²) in [6, 6.07) is 0.0467. The molecule has 2 N–H and O–H groups in total. The van der Waals surface area contributed by atoms with Crippen LogP contribution >= 0.6 is 0 Å². The van der Waals surface area contributed by atoms with E-state index in [1.165, 1.54) is 0 Å². The molecule has 0 bridgehead atoms. The van der Waals surface area contributed by atoms with E-state index in [0.717, 1.165) is 13.1 Å². The van der Waals surface area contributed by atoms with Crippen LogP contribution in [-0.4, -0.2) is 29.9 Å². The molecule has 0 spiro atoms. The van der Waals surface area contributed by atoms with Crippen LogP contribution in [0.2, 0.25) is 0 Å². The lowest BCUT2D eigenvalue weighted by molar-refractivity contribution is -0.129. The predicted octanol–water partition coefficient (Wildman–Crippen LogP) is 1.23. The maximum Gasteiger partial charge on any atom is 0.224 e. The maximum atomic E-state index is 11.5. The molecule has 14 heavy (non-hydrogen) atoms. The van der Waals surface area contributed by atoms with Gasteiger partial charge in [0.2, 0.25) is 5.91 Å². The Morgan fingerprint density at radius 1 is 1.57 bits per heavy atom. The van der Waals surface area contributed by atoms with Gasteiger partial charge in [-0.05, 0) is 11.3 Å². The highest BCUT2D eigenvalue weighted by molar-refractivity contribution is 5.79. The second-order valence-corrected chi connectivity index (χ2v) is 5.38. The fourth-order valence-electron chi connectivity index (χ4n) is 1.63. The van der Waals surface area contributed by atoms with Crippen LogP contribution in [0.4, 0.5) is 0 Å². The van der Waals surface area contributed by atoms with Crippen molar-refractivity contribution in [2.45, 2.75) is 40.2 Å². The molecular weight excluding hydrogens is 176 g/mol. The van der Waals surface area contributed by atoms with Gasteiger partial charge in [0.05, 0.1) is 0 Å². The summed E-state index contributed by atoms with van der Waals surface area (Å²) >= 11 is 0. The molecule has 0 aromatic carbocycles. The molecule has 1 rings (SSSR count). The number of likely N-dealkylation sites (tertiary alicyclic amines) is 1. The van der Waals surface area contributed by atoms with Gasteiger partial charge in [0, 0.05) is 25.6 Å². The van der Waals surface area contributed by atoms with E-state index in [4.69, 9.17) is 5.73 Å². The van der Waals surface area contributed by atoms with E-state index >= 15 is 0 Å². The van der Waals surface area contributed by atoms with E-state index in [1.54, 1.807) is 0 Å². The number of carbonyl (C=O) groups excluding carboxylic acids is 1. The third kappa shape index (κ3) is 2.47. The van der Waals surface area contributed by atoms with Gasteiger partial charge in [-0.3, -0.25) is 4.79 Å². The Morgan fingerprint density at radius 2 is 2.14 bits per heavy atom. The number of hydrogen-bond acceptors (Lipinski definition) is 2. The molecule has 0 saturated carbocycles. The van der Waals surface area contributed by atoms with Crippen LogP contribution in [-0.2, 0) is 4.79 Å². The Hall–Kier alpha value is -0.570. The van der Waals surface area contributed by atoms with Crippen molar-refractivity contribution in [1.29, 1.82) is 0 Å². The van der Waals surface area contributed by atoms with Gasteiger partial charge in [0.25, 0.3) is 0 Å². The molecule has 1 amide bonds. The average Bonchev–Trinajstić information content (AvgIpc) is 2.29. The van der Waals surface area contributed by atoms with E-state index in [1.807, 2.05) is 4.90 Å². The summed E-state index contributed by atoms with van der Waals surface area (Å²) in [4.78, 5) is 13.4. The summed E-state index contributed by atoms with van der Waals surface area (Å²) in [6.07, 6.45) is 0.522. The number of carbonyl (C=O) groups is 1. The molecule has 1 heterocycles. The van der Waals surface area contributed by atoms with Gasteiger partial charge in [-0.1, -0.05) is 27.7 Å². The number of nitrogens with zero attached hydrogens (tertiary/aromatic N) is 1. The topological polar surface area (TPSA) is 46.3 Å². The van der Waals surface area contributed by atoms with E-state index in [9.17, 15) is 4.79 Å². The van der Waals surface area contributed by atoms with Crippen molar-refractivity contribution in [2.75, 3.05) is 13.1 Å². The summed E-state index contributed by atoms with van der Waals surface area (Å²) in [6.45, 7) is 10.4. The molecule has 3 nitrogen and oxygen atoms in total. The van der Waals surface area contributed by atoms with Crippen LogP contribution in [0.25, 0.3) is 0 Å². The minimum absolute atomic E-state index is 0.0467. The minimum atomic E-state index is 0.0467. The minimum Gasteiger partial charge on any atom is -0.341 e. The second kappa shape index (κ2) is 3.89. The van der Waals surface area contributed by atoms with E-state index in [0.29, 0.717) is 12.3 Å². The predicted molar refractivity (Wildman–Crippen MR) is 57.8 cm³/mol. The molecule has 1 aliphatic heterocycles. The molecule has 0 aromatic heterocycles. The lowest BCUT2D eigenvalue weighted by atomic mass is 9.81. The van der Waals surface area contributed by atoms with Gasteiger partial charge in [-0.2, -0.15) is 0 Å². The van der Waals surface area contributed by atoms with Crippen molar-refractivity contribution in [3.05, 3.63) is 0 Å². The first kappa shape index (κ1) is 11.5. The molecule has 1 fully saturated rings. The number of amides is 1. The van der Waals surface area contributed by atoms with Crippen molar-refractivity contribution in [3.63, 3.8) is 0 Å². The normalized spacial score (nSPS) is 23.7. The maximum absolute atomic E-state index is 11.5. The summed E-state index contributed by atoms with van der Waals surface area (Å²) in [7, 11) is 0. The molecule has 3 heteroatoms. The Morgan fingerprint density at radius 3 is 2.50 bits per heavy atom. The second-order valence-electron chi connectivity index (χ2n) is 5.38. The van der Waals surface area contributed by atoms with Crippen molar-refractivity contribution in [3.8, 4) is 0 Å². The first-order valence-corrected chi connectivity index (χ1v) is 5.36. The van der Waals surface area contributed by atoms with Gasteiger partial charge >= 0.3 is 0 Å². The lowest BCUT2D eigenvalue weighted by Crippen LogP contribution is -2.39. The first-order chi connectivity index (χ1) is 6.33. The van der Waals surface area contributed by atoms with Gasteiger partial charge in [-0.15, -0.1) is 0 Å². The SMILES string of the molecule is CC(C)C(C)(C)CN1CC(N)CC1=O. The summed E-state index contributed by atoms with van der Waals surface area (Å²) in [5, 5.41) is 0. The van der Waals surface area contributed by atoms with Crippen LogP contribution in [0.15, 0.2) is 0 Å². The fourth-order valence-corrected chi connectivity index (χ4v) is 1.63. The molecule has 82 valence electrons. The van der Waals surface area contributed by atoms with Crippen LogP contribution < -0.4 is 5.73 Å². The molecule has 1 aliphatic rings. The lowest BCUT2D eigenvalue weighted by Gasteiger charge is -2.33. The average molecular weight is 198 g/mol. The largest absolute Gasteiger partial charge is 0.341 e. The molecule has 0 aliphatic carbocycles. The summed E-state index contributed by atoms with van der Waals surface area (Å²) < 4.78 is 0. The van der Waals surface area contributed by atoms with E-state index in [2.05, 4.69) is 27.7 Å². The third-order valence-corrected chi connectivity index (χ3v) is 3.41. The number of rotatable bonds is 3. The molecule has 1 saturated heterocycles. The van der Waals surface area contributed by atoms with Gasteiger partial charge in [0.1, 0.15) is 0 Å². The van der Waals surface area contributed by atoms with Crippen LogP contribution in [0, 0.1) is 11.3 Å². The zero-order valence-electron chi connectivity index (χ0n) is 9.71. The first-order valence-electron chi connectivity index (χ1n) is 5.36.